The molecule has 0 fully saturated rings. The quantitative estimate of drug-likeness (QED) is 0.400. The van der Waals surface area contributed by atoms with Crippen molar-refractivity contribution in [1.82, 2.24) is 16.1 Å². The number of rotatable bonds is 2. The Morgan fingerprint density at radius 1 is 1.91 bits per heavy atom. The van der Waals surface area contributed by atoms with Crippen molar-refractivity contribution in [3.63, 3.8) is 0 Å². The minimum Gasteiger partial charge on any atom is -0.377 e. The van der Waals surface area contributed by atoms with Gasteiger partial charge in [0.1, 0.15) is 11.4 Å². The summed E-state index contributed by atoms with van der Waals surface area (Å²) in [6, 6.07) is 0. The van der Waals surface area contributed by atoms with Gasteiger partial charge in [0.15, 0.2) is 0 Å². The summed E-state index contributed by atoms with van der Waals surface area (Å²) in [4.78, 5) is 0. The first kappa shape index (κ1) is 8.32. The van der Waals surface area contributed by atoms with Crippen LogP contribution in [0.4, 0.5) is 0 Å². The summed E-state index contributed by atoms with van der Waals surface area (Å²) >= 11 is 5.59. The van der Waals surface area contributed by atoms with Gasteiger partial charge in [0.25, 0.3) is 0 Å². The molecule has 62 valence electrons. The topological polar surface area (TPSA) is 59.9 Å². The summed E-state index contributed by atoms with van der Waals surface area (Å²) in [7, 11) is 0. The minimum absolute atomic E-state index is 0.438. The van der Waals surface area contributed by atoms with Crippen LogP contribution in [0.2, 0.25) is 0 Å². The van der Waals surface area contributed by atoms with E-state index in [0.29, 0.717) is 5.16 Å². The molecule has 6 heteroatoms. The summed E-state index contributed by atoms with van der Waals surface area (Å²) in [6.07, 6.45) is 2.43. The highest BCUT2D eigenvalue weighted by Crippen LogP contribution is 1.99. The van der Waals surface area contributed by atoms with Crippen LogP contribution in [0, 0.1) is 0 Å². The third kappa shape index (κ3) is 2.75. The second-order valence-electron chi connectivity index (χ2n) is 2.01. The van der Waals surface area contributed by atoms with Gasteiger partial charge in [-0.05, 0) is 13.0 Å². The lowest BCUT2D eigenvalue weighted by Crippen LogP contribution is -2.48. The van der Waals surface area contributed by atoms with Crippen molar-refractivity contribution in [1.29, 1.82) is 0 Å². The van der Waals surface area contributed by atoms with E-state index in [4.69, 9.17) is 16.7 Å². The maximum absolute atomic E-state index is 8.86. The van der Waals surface area contributed by atoms with Crippen molar-refractivity contribution in [3.05, 3.63) is 11.2 Å². The number of nitrogens with one attached hydrogen (secondary N) is 2. The van der Waals surface area contributed by atoms with Crippen molar-refractivity contribution in [3.8, 4) is 0 Å². The smallest absolute Gasteiger partial charge is 0.125 e. The van der Waals surface area contributed by atoms with Gasteiger partial charge in [0.2, 0.25) is 0 Å². The van der Waals surface area contributed by atoms with E-state index < -0.39 is 6.23 Å². The zero-order valence-corrected chi connectivity index (χ0v) is 6.71. The van der Waals surface area contributed by atoms with Crippen LogP contribution in [-0.4, -0.2) is 22.8 Å². The molecule has 11 heavy (non-hydrogen) atoms. The molecule has 1 unspecified atom stereocenters. The van der Waals surface area contributed by atoms with E-state index in [1.807, 2.05) is 0 Å². The predicted molar refractivity (Wildman–Crippen MR) is 42.2 cm³/mol. The average Bonchev–Trinajstić information content (AvgIpc) is 1.85. The largest absolute Gasteiger partial charge is 0.377 e. The van der Waals surface area contributed by atoms with Gasteiger partial charge in [-0.1, -0.05) is 11.6 Å². The molecule has 1 atom stereocenters. The lowest BCUT2D eigenvalue weighted by molar-refractivity contribution is 0.0242. The van der Waals surface area contributed by atoms with Crippen LogP contribution >= 0.6 is 11.6 Å². The number of aliphatic hydroxyl groups is 1. The zero-order valence-electron chi connectivity index (χ0n) is 5.95. The van der Waals surface area contributed by atoms with E-state index in [1.54, 1.807) is 13.0 Å². The highest BCUT2D eigenvalue weighted by atomic mass is 35.5. The van der Waals surface area contributed by atoms with E-state index in [2.05, 4.69) is 16.0 Å². The van der Waals surface area contributed by atoms with Crippen LogP contribution in [0.1, 0.15) is 6.92 Å². The Labute approximate surface area is 69.3 Å². The fourth-order valence-electron chi connectivity index (χ4n) is 0.575. The highest BCUT2D eigenvalue weighted by Gasteiger charge is 2.05. The van der Waals surface area contributed by atoms with Crippen molar-refractivity contribution < 1.29 is 5.11 Å². The van der Waals surface area contributed by atoms with Crippen LogP contribution < -0.4 is 10.9 Å². The van der Waals surface area contributed by atoms with Crippen LogP contribution in [0.15, 0.2) is 16.3 Å². The van der Waals surface area contributed by atoms with Gasteiger partial charge in [-0.25, -0.2) is 0 Å². The number of hydrogen-bond donors (Lipinski definition) is 3. The standard InChI is InChI=1S/C5H9ClN4O/c1-4(11)8-10-7-3-2-5(6)9-10/h2-4,8-9,11H,1H3. The van der Waals surface area contributed by atoms with Crippen molar-refractivity contribution in [2.24, 2.45) is 5.10 Å². The lowest BCUT2D eigenvalue weighted by Gasteiger charge is -2.23. The molecular weight excluding hydrogens is 168 g/mol. The Balaban J connectivity index is 2.40. The number of hydrazone groups is 1. The molecule has 0 aromatic heterocycles. The van der Waals surface area contributed by atoms with E-state index in [1.165, 1.54) is 11.4 Å². The van der Waals surface area contributed by atoms with Crippen molar-refractivity contribution in [2.45, 2.75) is 13.2 Å². The number of hydrogen-bond acceptors (Lipinski definition) is 5. The molecule has 0 aromatic rings. The van der Waals surface area contributed by atoms with Crippen LogP contribution in [0.3, 0.4) is 0 Å². The molecule has 0 aromatic carbocycles. The molecule has 0 saturated heterocycles. The predicted octanol–water partition coefficient (Wildman–Crippen LogP) is -0.285. The molecule has 0 saturated carbocycles. The van der Waals surface area contributed by atoms with Gasteiger partial charge >= 0.3 is 0 Å². The van der Waals surface area contributed by atoms with Gasteiger partial charge in [0, 0.05) is 0 Å². The first-order valence-corrected chi connectivity index (χ1v) is 3.47. The summed E-state index contributed by atoms with van der Waals surface area (Å²) < 4.78 is 0. The first-order valence-electron chi connectivity index (χ1n) is 3.09. The second kappa shape index (κ2) is 3.56. The van der Waals surface area contributed by atoms with Gasteiger partial charge in [-0.2, -0.15) is 5.43 Å². The minimum atomic E-state index is -0.679. The molecule has 3 N–H and O–H groups in total. The fourth-order valence-corrected chi connectivity index (χ4v) is 0.712. The second-order valence-corrected chi connectivity index (χ2v) is 2.42. The summed E-state index contributed by atoms with van der Waals surface area (Å²) in [5.74, 6) is 0. The van der Waals surface area contributed by atoms with Crippen molar-refractivity contribution in [2.75, 3.05) is 0 Å². The van der Waals surface area contributed by atoms with Crippen molar-refractivity contribution >= 4 is 17.8 Å². The van der Waals surface area contributed by atoms with E-state index in [9.17, 15) is 0 Å². The SMILES string of the molecule is CC(O)NN1N=CC=C(Cl)N1. The molecule has 5 nitrogen and oxygen atoms in total. The molecule has 1 aliphatic heterocycles. The Kier molecular flexibility index (Phi) is 2.70. The molecule has 1 rings (SSSR count). The third-order valence-electron chi connectivity index (χ3n) is 0.925. The highest BCUT2D eigenvalue weighted by molar-refractivity contribution is 6.30. The van der Waals surface area contributed by atoms with E-state index >= 15 is 0 Å². The Morgan fingerprint density at radius 2 is 2.64 bits per heavy atom. The van der Waals surface area contributed by atoms with Gasteiger partial charge in [-0.15, -0.1) is 10.3 Å². The average molecular weight is 177 g/mol. The Bertz CT molecular complexity index is 191. The zero-order chi connectivity index (χ0) is 8.27. The maximum atomic E-state index is 8.86. The Hall–Kier alpha value is -0.780. The summed E-state index contributed by atoms with van der Waals surface area (Å²) in [5, 5.41) is 14.3. The molecular formula is C5H9ClN4O. The summed E-state index contributed by atoms with van der Waals surface area (Å²) in [6.45, 7) is 1.57. The molecule has 0 radical (unpaired) electrons. The molecule has 0 amide bonds. The number of halogens is 1. The van der Waals surface area contributed by atoms with E-state index in [-0.39, 0.29) is 0 Å². The molecule has 1 aliphatic rings. The van der Waals surface area contributed by atoms with Crippen LogP contribution in [0.25, 0.3) is 0 Å². The number of nitrogens with zero attached hydrogens (tertiary/aromatic N) is 2. The Morgan fingerprint density at radius 3 is 3.18 bits per heavy atom. The van der Waals surface area contributed by atoms with Gasteiger partial charge in [0.05, 0.1) is 6.21 Å². The molecule has 0 aliphatic carbocycles. The van der Waals surface area contributed by atoms with Gasteiger partial charge in [-0.3, -0.25) is 5.43 Å². The van der Waals surface area contributed by atoms with Crippen LogP contribution in [0.5, 0.6) is 0 Å². The van der Waals surface area contributed by atoms with Gasteiger partial charge < -0.3 is 5.11 Å². The molecule has 1 heterocycles. The molecule has 0 bridgehead atoms. The molecule has 0 spiro atoms. The number of hydrazine groups is 2. The maximum Gasteiger partial charge on any atom is 0.125 e. The van der Waals surface area contributed by atoms with E-state index in [0.717, 1.165) is 0 Å². The number of allylic oxidation sites excluding steroid dienone is 1. The number of aliphatic hydroxyl groups excluding tert-OH is 1. The normalized spacial score (nSPS) is 19.2. The third-order valence-corrected chi connectivity index (χ3v) is 1.14. The van der Waals surface area contributed by atoms with Crippen LogP contribution in [-0.2, 0) is 0 Å². The lowest BCUT2D eigenvalue weighted by atomic mass is 10.6. The monoisotopic (exact) mass is 176 g/mol. The summed E-state index contributed by atoms with van der Waals surface area (Å²) in [5.41, 5.74) is 5.21. The first-order chi connectivity index (χ1) is 5.18. The fraction of sp³-hybridized carbons (Fsp3) is 0.400.